The van der Waals surface area contributed by atoms with Crippen LogP contribution in [0.1, 0.15) is 22.1 Å². The van der Waals surface area contributed by atoms with E-state index in [2.05, 4.69) is 20.3 Å². The molecule has 0 saturated carbocycles. The number of rotatable bonds is 5. The Bertz CT molecular complexity index is 594. The molecule has 0 aromatic carbocycles. The molecule has 7 heteroatoms. The molecule has 3 N–H and O–H groups in total. The molecule has 0 atom stereocenters. The van der Waals surface area contributed by atoms with Crippen LogP contribution in [0.15, 0.2) is 11.4 Å². The predicted molar refractivity (Wildman–Crippen MR) is 81.7 cm³/mol. The Labute approximate surface area is 121 Å². The number of aryl methyl sites for hydroxylation is 2. The fraction of sp³-hybridized carbons (Fsp3) is 0.333. The maximum absolute atomic E-state index is 5.58. The van der Waals surface area contributed by atoms with Crippen molar-refractivity contribution in [1.82, 2.24) is 15.0 Å². The van der Waals surface area contributed by atoms with Crippen LogP contribution in [-0.4, -0.2) is 26.5 Å². The van der Waals surface area contributed by atoms with E-state index < -0.39 is 0 Å². The number of thiocarbonyl (C=S) groups is 1. The first-order valence-corrected chi connectivity index (χ1v) is 7.14. The van der Waals surface area contributed by atoms with Gasteiger partial charge in [0.15, 0.2) is 0 Å². The highest BCUT2D eigenvalue weighted by molar-refractivity contribution is 7.80. The van der Waals surface area contributed by atoms with Crippen molar-refractivity contribution >= 4 is 34.5 Å². The van der Waals surface area contributed by atoms with Crippen molar-refractivity contribution in [2.45, 2.75) is 20.3 Å². The SMILES string of the molecule is Cc1cc(C(N)=S)nc(NCCc2nc(C)cs2)n1. The van der Waals surface area contributed by atoms with Crippen LogP contribution >= 0.6 is 23.6 Å². The van der Waals surface area contributed by atoms with E-state index >= 15 is 0 Å². The summed E-state index contributed by atoms with van der Waals surface area (Å²) in [4.78, 5) is 13.2. The first-order chi connectivity index (χ1) is 9.04. The average Bonchev–Trinajstić information content (AvgIpc) is 2.74. The molecular formula is C12H15N5S2. The van der Waals surface area contributed by atoms with Crippen LogP contribution in [0.4, 0.5) is 5.95 Å². The highest BCUT2D eigenvalue weighted by Crippen LogP contribution is 2.10. The number of nitrogens with zero attached hydrogens (tertiary/aromatic N) is 3. The molecule has 2 rings (SSSR count). The third-order valence-corrected chi connectivity index (χ3v) is 3.63. The molecule has 100 valence electrons. The summed E-state index contributed by atoms with van der Waals surface area (Å²) in [5.41, 5.74) is 8.07. The second-order valence-electron chi connectivity index (χ2n) is 4.14. The van der Waals surface area contributed by atoms with Crippen molar-refractivity contribution in [3.8, 4) is 0 Å². The van der Waals surface area contributed by atoms with Crippen LogP contribution in [-0.2, 0) is 6.42 Å². The number of nitrogens with two attached hydrogens (primary N) is 1. The number of aromatic nitrogens is 3. The minimum atomic E-state index is 0.282. The van der Waals surface area contributed by atoms with Crippen LogP contribution < -0.4 is 11.1 Å². The van der Waals surface area contributed by atoms with Gasteiger partial charge in [-0.05, 0) is 19.9 Å². The lowest BCUT2D eigenvalue weighted by atomic mass is 10.3. The van der Waals surface area contributed by atoms with E-state index in [4.69, 9.17) is 18.0 Å². The first kappa shape index (κ1) is 13.8. The Morgan fingerprint density at radius 2 is 2.11 bits per heavy atom. The van der Waals surface area contributed by atoms with Crippen molar-refractivity contribution in [3.05, 3.63) is 33.5 Å². The fourth-order valence-electron chi connectivity index (χ4n) is 1.57. The van der Waals surface area contributed by atoms with Crippen molar-refractivity contribution in [2.24, 2.45) is 5.73 Å². The smallest absolute Gasteiger partial charge is 0.223 e. The lowest BCUT2D eigenvalue weighted by Gasteiger charge is -2.06. The van der Waals surface area contributed by atoms with Gasteiger partial charge in [0.2, 0.25) is 5.95 Å². The van der Waals surface area contributed by atoms with E-state index in [9.17, 15) is 0 Å². The summed E-state index contributed by atoms with van der Waals surface area (Å²) in [7, 11) is 0. The topological polar surface area (TPSA) is 76.7 Å². The van der Waals surface area contributed by atoms with Gasteiger partial charge in [-0.1, -0.05) is 12.2 Å². The summed E-state index contributed by atoms with van der Waals surface area (Å²) in [6.07, 6.45) is 0.845. The molecular weight excluding hydrogens is 278 g/mol. The third kappa shape index (κ3) is 3.93. The standard InChI is InChI=1S/C12H15N5S2/c1-7-5-9(11(13)18)17-12(16-7)14-4-3-10-15-8(2)6-19-10/h5-6H,3-4H2,1-2H3,(H2,13,18)(H,14,16,17). The fourth-order valence-corrected chi connectivity index (χ4v) is 2.45. The molecule has 0 bridgehead atoms. The van der Waals surface area contributed by atoms with Crippen LogP contribution in [0.3, 0.4) is 0 Å². The molecule has 2 aromatic heterocycles. The lowest BCUT2D eigenvalue weighted by Crippen LogP contribution is -2.15. The Hall–Kier alpha value is -1.60. The van der Waals surface area contributed by atoms with Gasteiger partial charge in [-0.25, -0.2) is 15.0 Å². The van der Waals surface area contributed by atoms with E-state index in [1.54, 1.807) is 17.4 Å². The molecule has 19 heavy (non-hydrogen) atoms. The number of thiazole rings is 1. The molecule has 0 saturated heterocycles. The maximum atomic E-state index is 5.58. The van der Waals surface area contributed by atoms with E-state index in [0.717, 1.165) is 29.4 Å². The van der Waals surface area contributed by atoms with Gasteiger partial charge in [-0.2, -0.15) is 0 Å². The molecule has 2 aromatic rings. The molecule has 5 nitrogen and oxygen atoms in total. The molecule has 0 unspecified atom stereocenters. The second kappa shape index (κ2) is 6.03. The maximum Gasteiger partial charge on any atom is 0.223 e. The molecule has 0 aliphatic heterocycles. The van der Waals surface area contributed by atoms with Crippen LogP contribution in [0.5, 0.6) is 0 Å². The summed E-state index contributed by atoms with van der Waals surface area (Å²) in [5, 5.41) is 6.32. The van der Waals surface area contributed by atoms with Gasteiger partial charge in [0.05, 0.1) is 5.01 Å². The Morgan fingerprint density at radius 3 is 2.74 bits per heavy atom. The molecule has 0 fully saturated rings. The van der Waals surface area contributed by atoms with Gasteiger partial charge < -0.3 is 11.1 Å². The number of hydrogen-bond donors (Lipinski definition) is 2. The summed E-state index contributed by atoms with van der Waals surface area (Å²) in [6.45, 7) is 4.61. The minimum absolute atomic E-state index is 0.282. The Morgan fingerprint density at radius 1 is 1.32 bits per heavy atom. The summed E-state index contributed by atoms with van der Waals surface area (Å²) >= 11 is 6.59. The van der Waals surface area contributed by atoms with Gasteiger partial charge in [-0.15, -0.1) is 11.3 Å². The first-order valence-electron chi connectivity index (χ1n) is 5.85. The zero-order valence-electron chi connectivity index (χ0n) is 10.8. The monoisotopic (exact) mass is 293 g/mol. The molecule has 2 heterocycles. The van der Waals surface area contributed by atoms with Gasteiger partial charge in [0.1, 0.15) is 10.7 Å². The Kier molecular flexibility index (Phi) is 4.39. The average molecular weight is 293 g/mol. The highest BCUT2D eigenvalue weighted by Gasteiger charge is 2.05. The van der Waals surface area contributed by atoms with Crippen molar-refractivity contribution in [1.29, 1.82) is 0 Å². The predicted octanol–water partition coefficient (Wildman–Crippen LogP) is 1.84. The quantitative estimate of drug-likeness (QED) is 0.819. The van der Waals surface area contributed by atoms with Crippen LogP contribution in [0, 0.1) is 13.8 Å². The lowest BCUT2D eigenvalue weighted by molar-refractivity contribution is 0.954. The largest absolute Gasteiger partial charge is 0.388 e. The number of hydrogen-bond acceptors (Lipinski definition) is 6. The number of anilines is 1. The van der Waals surface area contributed by atoms with Gasteiger partial charge in [0.25, 0.3) is 0 Å². The van der Waals surface area contributed by atoms with E-state index in [0.29, 0.717) is 11.6 Å². The summed E-state index contributed by atoms with van der Waals surface area (Å²) in [5.74, 6) is 0.552. The van der Waals surface area contributed by atoms with Crippen molar-refractivity contribution in [2.75, 3.05) is 11.9 Å². The van der Waals surface area contributed by atoms with Crippen molar-refractivity contribution in [3.63, 3.8) is 0 Å². The molecule has 0 aliphatic rings. The van der Waals surface area contributed by atoms with E-state index in [1.807, 2.05) is 19.2 Å². The Balaban J connectivity index is 1.97. The molecule has 0 radical (unpaired) electrons. The summed E-state index contributed by atoms with van der Waals surface area (Å²) < 4.78 is 0. The van der Waals surface area contributed by atoms with E-state index in [-0.39, 0.29) is 4.99 Å². The highest BCUT2D eigenvalue weighted by atomic mass is 32.1. The molecule has 0 amide bonds. The van der Waals surface area contributed by atoms with Crippen LogP contribution in [0.25, 0.3) is 0 Å². The minimum Gasteiger partial charge on any atom is -0.388 e. The van der Waals surface area contributed by atoms with Gasteiger partial charge in [0, 0.05) is 29.7 Å². The third-order valence-electron chi connectivity index (χ3n) is 2.40. The molecule has 0 aliphatic carbocycles. The van der Waals surface area contributed by atoms with Crippen molar-refractivity contribution < 1.29 is 0 Å². The summed E-state index contributed by atoms with van der Waals surface area (Å²) in [6, 6.07) is 1.78. The number of nitrogens with one attached hydrogen (secondary N) is 1. The molecule has 0 spiro atoms. The zero-order chi connectivity index (χ0) is 13.8. The van der Waals surface area contributed by atoms with Gasteiger partial charge in [-0.3, -0.25) is 0 Å². The zero-order valence-corrected chi connectivity index (χ0v) is 12.4. The van der Waals surface area contributed by atoms with Gasteiger partial charge >= 0.3 is 0 Å². The normalized spacial score (nSPS) is 10.4. The van der Waals surface area contributed by atoms with E-state index in [1.165, 1.54) is 0 Å². The van der Waals surface area contributed by atoms with Crippen LogP contribution in [0.2, 0.25) is 0 Å². The second-order valence-corrected chi connectivity index (χ2v) is 5.52.